The van der Waals surface area contributed by atoms with Crippen LogP contribution in [0.2, 0.25) is 0 Å². The molecule has 0 saturated carbocycles. The smallest absolute Gasteiger partial charge is 0.334 e. The molecule has 1 aliphatic carbocycles. The van der Waals surface area contributed by atoms with E-state index in [1.54, 1.807) is 0 Å². The second-order valence-electron chi connectivity index (χ2n) is 8.02. The van der Waals surface area contributed by atoms with Crippen LogP contribution in [0.5, 0.6) is 0 Å². The van der Waals surface area contributed by atoms with Crippen LogP contribution < -0.4 is 0 Å². The maximum Gasteiger partial charge on any atom is 0.334 e. The molecule has 2 nitrogen and oxygen atoms in total. The molecule has 0 bridgehead atoms. The van der Waals surface area contributed by atoms with Crippen molar-refractivity contribution >= 4 is 5.97 Å². The number of carbonyl (C=O) groups is 1. The van der Waals surface area contributed by atoms with E-state index >= 15 is 0 Å². The summed E-state index contributed by atoms with van der Waals surface area (Å²) in [7, 11) is 0. The van der Waals surface area contributed by atoms with E-state index in [2.05, 4.69) is 58.1 Å². The van der Waals surface area contributed by atoms with Gasteiger partial charge in [-0.3, -0.25) is 0 Å². The number of allylic oxidation sites excluding steroid dienone is 11. The molecule has 2 heteroatoms. The number of hydrogen-bond acceptors (Lipinski definition) is 2. The molecule has 0 N–H and O–H groups in total. The van der Waals surface area contributed by atoms with Crippen LogP contribution in [0.25, 0.3) is 0 Å². The van der Waals surface area contributed by atoms with Crippen molar-refractivity contribution in [2.45, 2.75) is 60.3 Å². The Morgan fingerprint density at radius 2 is 1.81 bits per heavy atom. The van der Waals surface area contributed by atoms with E-state index in [-0.39, 0.29) is 11.4 Å². The zero-order valence-corrected chi connectivity index (χ0v) is 16.9. The van der Waals surface area contributed by atoms with Crippen molar-refractivity contribution in [3.63, 3.8) is 0 Å². The van der Waals surface area contributed by atoms with E-state index in [4.69, 9.17) is 4.74 Å². The first kappa shape index (κ1) is 20.2. The summed E-state index contributed by atoms with van der Waals surface area (Å²) in [6, 6.07) is 0. The lowest BCUT2D eigenvalue weighted by Gasteiger charge is -2.32. The lowest BCUT2D eigenvalue weighted by molar-refractivity contribution is -0.135. The van der Waals surface area contributed by atoms with Gasteiger partial charge in [-0.15, -0.1) is 0 Å². The summed E-state index contributed by atoms with van der Waals surface area (Å²) in [6.07, 6.45) is 19.1. The predicted octanol–water partition coefficient (Wildman–Crippen LogP) is 6.39. The highest BCUT2D eigenvalue weighted by molar-refractivity contribution is 5.90. The maximum atomic E-state index is 11.4. The molecule has 1 aliphatic heterocycles. The van der Waals surface area contributed by atoms with Crippen molar-refractivity contribution in [3.05, 3.63) is 70.4 Å². The first-order chi connectivity index (χ1) is 12.3. The van der Waals surface area contributed by atoms with Gasteiger partial charge in [-0.25, -0.2) is 4.79 Å². The van der Waals surface area contributed by atoms with Gasteiger partial charge in [0.2, 0.25) is 0 Å². The average Bonchev–Trinajstić information content (AvgIpc) is 2.97. The zero-order chi connectivity index (χ0) is 19.2. The molecule has 0 amide bonds. The third-order valence-corrected chi connectivity index (χ3v) is 5.19. The van der Waals surface area contributed by atoms with E-state index < -0.39 is 0 Å². The average molecular weight is 353 g/mol. The molecule has 0 unspecified atom stereocenters. The molecular weight excluding hydrogens is 320 g/mol. The predicted molar refractivity (Wildman–Crippen MR) is 110 cm³/mol. The van der Waals surface area contributed by atoms with Crippen molar-refractivity contribution in [1.82, 2.24) is 0 Å². The Kier molecular flexibility index (Phi) is 7.02. The molecule has 0 atom stereocenters. The lowest BCUT2D eigenvalue weighted by atomic mass is 9.72. The second-order valence-corrected chi connectivity index (χ2v) is 8.02. The second kappa shape index (κ2) is 9.02. The lowest BCUT2D eigenvalue weighted by Crippen LogP contribution is -2.19. The monoisotopic (exact) mass is 352 g/mol. The molecule has 2 rings (SSSR count). The van der Waals surface area contributed by atoms with Crippen molar-refractivity contribution in [2.75, 3.05) is 6.61 Å². The molecule has 0 aromatic heterocycles. The number of ether oxygens (including phenoxy) is 1. The Labute approximate surface area is 158 Å². The van der Waals surface area contributed by atoms with Crippen molar-refractivity contribution in [3.8, 4) is 0 Å². The minimum Gasteiger partial charge on any atom is -0.462 e. The Hall–Kier alpha value is -2.09. The van der Waals surface area contributed by atoms with E-state index in [0.717, 1.165) is 11.1 Å². The minimum atomic E-state index is -0.186. The fourth-order valence-corrected chi connectivity index (χ4v) is 3.52. The standard InChI is InChI=1S/C24H32O2/c1-18(11-13-21-15-17-26-23(21)25)8-6-9-19(2)12-14-22-20(3)10-7-16-24(22,4)5/h6,8-9,11-14H,7,10,15-17H2,1-5H3/b8-6+,14-12+,18-11+,19-9+,21-13-. The van der Waals surface area contributed by atoms with Crippen LogP contribution in [0.1, 0.15) is 60.3 Å². The SMILES string of the molecule is CC1=C(/C=C/C(C)=C/C=C/C(C)=C/C=C2/CCOC2=O)C(C)(C)CCC1. The summed E-state index contributed by atoms with van der Waals surface area (Å²) in [4.78, 5) is 11.4. The van der Waals surface area contributed by atoms with Gasteiger partial charge in [0.1, 0.15) is 0 Å². The van der Waals surface area contributed by atoms with E-state index in [0.29, 0.717) is 13.0 Å². The molecule has 26 heavy (non-hydrogen) atoms. The van der Waals surface area contributed by atoms with Crippen molar-refractivity contribution < 1.29 is 9.53 Å². The fraction of sp³-hybridized carbons (Fsp3) is 0.458. The van der Waals surface area contributed by atoms with Gasteiger partial charge in [0.05, 0.1) is 6.61 Å². The summed E-state index contributed by atoms with van der Waals surface area (Å²) in [6.45, 7) is 11.6. The fourth-order valence-electron chi connectivity index (χ4n) is 3.52. The highest BCUT2D eigenvalue weighted by Crippen LogP contribution is 2.40. The van der Waals surface area contributed by atoms with Crippen LogP contribution >= 0.6 is 0 Å². The molecule has 0 spiro atoms. The first-order valence-electron chi connectivity index (χ1n) is 9.57. The number of hydrogen-bond donors (Lipinski definition) is 0. The van der Waals surface area contributed by atoms with Crippen molar-refractivity contribution in [1.29, 1.82) is 0 Å². The molecular formula is C24H32O2. The molecule has 0 radical (unpaired) electrons. The Morgan fingerprint density at radius 1 is 1.08 bits per heavy atom. The first-order valence-corrected chi connectivity index (χ1v) is 9.57. The van der Waals surface area contributed by atoms with Gasteiger partial charge in [0.15, 0.2) is 0 Å². The van der Waals surface area contributed by atoms with Gasteiger partial charge in [-0.1, -0.05) is 73.1 Å². The van der Waals surface area contributed by atoms with Crippen LogP contribution in [0.4, 0.5) is 0 Å². The number of cyclic esters (lactones) is 1. The number of carbonyl (C=O) groups excluding carboxylic acids is 1. The molecule has 1 saturated heterocycles. The zero-order valence-electron chi connectivity index (χ0n) is 16.9. The topological polar surface area (TPSA) is 26.3 Å². The summed E-state index contributed by atoms with van der Waals surface area (Å²) >= 11 is 0. The van der Waals surface area contributed by atoms with Crippen LogP contribution in [-0.2, 0) is 9.53 Å². The van der Waals surface area contributed by atoms with E-state index in [1.807, 2.05) is 19.1 Å². The molecule has 1 heterocycles. The van der Waals surface area contributed by atoms with Gasteiger partial charge in [-0.2, -0.15) is 0 Å². The third-order valence-electron chi connectivity index (χ3n) is 5.19. The Bertz CT molecular complexity index is 721. The molecule has 0 aromatic carbocycles. The summed E-state index contributed by atoms with van der Waals surface area (Å²) < 4.78 is 4.93. The number of esters is 1. The van der Waals surface area contributed by atoms with E-state index in [9.17, 15) is 4.79 Å². The molecule has 1 fully saturated rings. The van der Waals surface area contributed by atoms with Crippen LogP contribution in [0.15, 0.2) is 70.4 Å². The minimum absolute atomic E-state index is 0.186. The Balaban J connectivity index is 1.99. The van der Waals surface area contributed by atoms with Crippen LogP contribution in [0.3, 0.4) is 0 Å². The summed E-state index contributed by atoms with van der Waals surface area (Å²) in [5, 5.41) is 0. The quantitative estimate of drug-likeness (QED) is 0.325. The highest BCUT2D eigenvalue weighted by atomic mass is 16.5. The van der Waals surface area contributed by atoms with E-state index in [1.165, 1.54) is 36.0 Å². The maximum absolute atomic E-state index is 11.4. The van der Waals surface area contributed by atoms with Gasteiger partial charge in [0, 0.05) is 12.0 Å². The number of rotatable bonds is 5. The summed E-state index contributed by atoms with van der Waals surface area (Å²) in [5.41, 5.74) is 6.39. The third kappa shape index (κ3) is 5.72. The van der Waals surface area contributed by atoms with Gasteiger partial charge in [-0.05, 0) is 51.0 Å². The molecule has 2 aliphatic rings. The van der Waals surface area contributed by atoms with Crippen LogP contribution in [-0.4, -0.2) is 12.6 Å². The van der Waals surface area contributed by atoms with Gasteiger partial charge < -0.3 is 4.74 Å². The normalized spacial score (nSPS) is 23.6. The van der Waals surface area contributed by atoms with Crippen molar-refractivity contribution in [2.24, 2.45) is 5.41 Å². The molecule has 140 valence electrons. The largest absolute Gasteiger partial charge is 0.462 e. The molecule has 0 aromatic rings. The highest BCUT2D eigenvalue weighted by Gasteiger charge is 2.26. The van der Waals surface area contributed by atoms with Gasteiger partial charge in [0.25, 0.3) is 0 Å². The van der Waals surface area contributed by atoms with Gasteiger partial charge >= 0.3 is 5.97 Å². The Morgan fingerprint density at radius 3 is 2.46 bits per heavy atom. The van der Waals surface area contributed by atoms with Crippen LogP contribution in [0, 0.1) is 5.41 Å². The summed E-state index contributed by atoms with van der Waals surface area (Å²) in [5.74, 6) is -0.186.